The van der Waals surface area contributed by atoms with E-state index in [4.69, 9.17) is 4.98 Å². The van der Waals surface area contributed by atoms with Gasteiger partial charge in [-0.05, 0) is 12.1 Å². The number of amides is 1. The molecule has 2 aromatic carbocycles. The number of hydrogen-bond donors (Lipinski definition) is 0. The van der Waals surface area contributed by atoms with Gasteiger partial charge in [-0.2, -0.15) is 0 Å². The summed E-state index contributed by atoms with van der Waals surface area (Å²) in [6.45, 7) is 4.16. The molecule has 0 saturated carbocycles. The molecular weight excluding hydrogens is 342 g/mol. The second kappa shape index (κ2) is 7.81. The molecule has 4 rings (SSSR count). The van der Waals surface area contributed by atoms with Gasteiger partial charge in [-0.3, -0.25) is 9.69 Å². The van der Waals surface area contributed by atoms with Crippen LogP contribution in [0, 0.1) is 0 Å². The Labute approximate surface area is 157 Å². The molecule has 2 heterocycles. The molecule has 0 spiro atoms. The third-order valence-corrected chi connectivity index (χ3v) is 5.49. The summed E-state index contributed by atoms with van der Waals surface area (Å²) in [5, 5.41) is 3.26. The highest BCUT2D eigenvalue weighted by atomic mass is 32.1. The normalized spacial score (nSPS) is 15.2. The fourth-order valence-electron chi connectivity index (χ4n) is 3.19. The highest BCUT2D eigenvalue weighted by Crippen LogP contribution is 2.22. The molecule has 0 aliphatic carbocycles. The number of benzene rings is 2. The quantitative estimate of drug-likeness (QED) is 0.708. The molecule has 0 bridgehead atoms. The Morgan fingerprint density at radius 2 is 1.58 bits per heavy atom. The zero-order valence-corrected chi connectivity index (χ0v) is 15.4. The van der Waals surface area contributed by atoms with Crippen LogP contribution >= 0.6 is 11.3 Å². The lowest BCUT2D eigenvalue weighted by molar-refractivity contribution is 0.0628. The van der Waals surface area contributed by atoms with Crippen LogP contribution < -0.4 is 0 Å². The van der Waals surface area contributed by atoms with Gasteiger partial charge in [-0.1, -0.05) is 48.5 Å². The van der Waals surface area contributed by atoms with E-state index >= 15 is 0 Å². The highest BCUT2D eigenvalue weighted by molar-refractivity contribution is 7.09. The fourth-order valence-corrected chi connectivity index (χ4v) is 4.03. The van der Waals surface area contributed by atoms with Gasteiger partial charge < -0.3 is 4.90 Å². The van der Waals surface area contributed by atoms with Crippen LogP contribution in [0.1, 0.15) is 15.4 Å². The second-order valence-electron chi connectivity index (χ2n) is 6.43. The summed E-state index contributed by atoms with van der Waals surface area (Å²) < 4.78 is 0. The molecule has 0 radical (unpaired) electrons. The molecule has 1 aliphatic heterocycles. The van der Waals surface area contributed by atoms with E-state index in [-0.39, 0.29) is 5.91 Å². The molecule has 1 aromatic heterocycles. The van der Waals surface area contributed by atoms with Crippen LogP contribution in [-0.2, 0) is 6.54 Å². The molecule has 1 fully saturated rings. The zero-order chi connectivity index (χ0) is 17.8. The Morgan fingerprint density at radius 1 is 0.923 bits per heavy atom. The molecule has 132 valence electrons. The molecule has 0 N–H and O–H groups in total. The molecule has 5 heteroatoms. The van der Waals surface area contributed by atoms with E-state index in [0.29, 0.717) is 0 Å². The van der Waals surface area contributed by atoms with Crippen LogP contribution in [0.25, 0.3) is 11.3 Å². The molecular formula is C21H21N3OS. The van der Waals surface area contributed by atoms with Crippen molar-refractivity contribution in [2.24, 2.45) is 0 Å². The summed E-state index contributed by atoms with van der Waals surface area (Å²) in [7, 11) is 0. The summed E-state index contributed by atoms with van der Waals surface area (Å²) in [6.07, 6.45) is 0. The van der Waals surface area contributed by atoms with Crippen LogP contribution in [0.3, 0.4) is 0 Å². The minimum atomic E-state index is 0.130. The number of hydrogen-bond acceptors (Lipinski definition) is 4. The van der Waals surface area contributed by atoms with Gasteiger partial charge in [-0.25, -0.2) is 4.98 Å². The smallest absolute Gasteiger partial charge is 0.253 e. The lowest BCUT2D eigenvalue weighted by atomic mass is 10.2. The molecule has 1 saturated heterocycles. The van der Waals surface area contributed by atoms with Gasteiger partial charge in [0.25, 0.3) is 5.91 Å². The number of nitrogens with zero attached hydrogens (tertiary/aromatic N) is 3. The highest BCUT2D eigenvalue weighted by Gasteiger charge is 2.22. The van der Waals surface area contributed by atoms with Crippen molar-refractivity contribution in [3.63, 3.8) is 0 Å². The average molecular weight is 363 g/mol. The van der Waals surface area contributed by atoms with Gasteiger partial charge in [0.05, 0.1) is 12.2 Å². The van der Waals surface area contributed by atoms with Crippen molar-refractivity contribution in [2.45, 2.75) is 6.54 Å². The van der Waals surface area contributed by atoms with E-state index in [1.807, 2.05) is 53.4 Å². The SMILES string of the molecule is O=C(c1ccccc1)N1CCN(Cc2nc(-c3ccccc3)cs2)CC1. The first-order valence-corrected chi connectivity index (χ1v) is 9.74. The van der Waals surface area contributed by atoms with Gasteiger partial charge in [0.2, 0.25) is 0 Å². The number of aromatic nitrogens is 1. The first-order chi connectivity index (χ1) is 12.8. The molecule has 3 aromatic rings. The number of carbonyl (C=O) groups is 1. The van der Waals surface area contributed by atoms with Crippen molar-refractivity contribution >= 4 is 17.2 Å². The van der Waals surface area contributed by atoms with Crippen molar-refractivity contribution in [2.75, 3.05) is 26.2 Å². The maximum atomic E-state index is 12.5. The minimum absolute atomic E-state index is 0.130. The van der Waals surface area contributed by atoms with Gasteiger partial charge in [-0.15, -0.1) is 11.3 Å². The van der Waals surface area contributed by atoms with Crippen molar-refractivity contribution in [3.05, 3.63) is 76.6 Å². The molecule has 26 heavy (non-hydrogen) atoms. The first-order valence-electron chi connectivity index (χ1n) is 8.86. The van der Waals surface area contributed by atoms with Crippen molar-refractivity contribution in [3.8, 4) is 11.3 Å². The zero-order valence-electron chi connectivity index (χ0n) is 14.5. The lowest BCUT2D eigenvalue weighted by Crippen LogP contribution is -2.48. The third-order valence-electron chi connectivity index (χ3n) is 4.66. The standard InChI is InChI=1S/C21H21N3OS/c25-21(18-9-5-2-6-10-18)24-13-11-23(12-14-24)15-20-22-19(16-26-20)17-7-3-1-4-8-17/h1-10,16H,11-15H2. The van der Waals surface area contributed by atoms with E-state index in [9.17, 15) is 4.79 Å². The number of carbonyl (C=O) groups excluding carboxylic acids is 1. The monoisotopic (exact) mass is 363 g/mol. The number of thiazole rings is 1. The minimum Gasteiger partial charge on any atom is -0.336 e. The number of rotatable bonds is 4. The fraction of sp³-hybridized carbons (Fsp3) is 0.238. The molecule has 4 nitrogen and oxygen atoms in total. The van der Waals surface area contributed by atoms with E-state index in [0.717, 1.165) is 54.6 Å². The average Bonchev–Trinajstić information content (AvgIpc) is 3.18. The Hall–Kier alpha value is -2.50. The Kier molecular flexibility index (Phi) is 5.09. The van der Waals surface area contributed by atoms with E-state index in [2.05, 4.69) is 22.4 Å². The van der Waals surface area contributed by atoms with Gasteiger partial charge in [0.15, 0.2) is 0 Å². The molecule has 1 aliphatic rings. The van der Waals surface area contributed by atoms with Crippen molar-refractivity contribution in [1.82, 2.24) is 14.8 Å². The van der Waals surface area contributed by atoms with E-state index in [1.165, 1.54) is 0 Å². The van der Waals surface area contributed by atoms with Gasteiger partial charge >= 0.3 is 0 Å². The maximum absolute atomic E-state index is 12.5. The van der Waals surface area contributed by atoms with Crippen LogP contribution in [0.2, 0.25) is 0 Å². The largest absolute Gasteiger partial charge is 0.336 e. The van der Waals surface area contributed by atoms with E-state index < -0.39 is 0 Å². The molecule has 1 amide bonds. The summed E-state index contributed by atoms with van der Waals surface area (Å²) in [5.74, 6) is 0.130. The first kappa shape index (κ1) is 16.9. The Morgan fingerprint density at radius 3 is 2.27 bits per heavy atom. The summed E-state index contributed by atoms with van der Waals surface area (Å²) in [4.78, 5) is 21.6. The van der Waals surface area contributed by atoms with Crippen LogP contribution in [0.5, 0.6) is 0 Å². The summed E-state index contributed by atoms with van der Waals surface area (Å²) in [5.41, 5.74) is 2.98. The van der Waals surface area contributed by atoms with Crippen LogP contribution in [-0.4, -0.2) is 46.9 Å². The third kappa shape index (κ3) is 3.84. The van der Waals surface area contributed by atoms with Gasteiger partial charge in [0.1, 0.15) is 5.01 Å². The topological polar surface area (TPSA) is 36.4 Å². The maximum Gasteiger partial charge on any atom is 0.253 e. The Balaban J connectivity index is 1.33. The van der Waals surface area contributed by atoms with Gasteiger partial charge in [0, 0.05) is 42.7 Å². The van der Waals surface area contributed by atoms with E-state index in [1.54, 1.807) is 11.3 Å². The van der Waals surface area contributed by atoms with Crippen molar-refractivity contribution in [1.29, 1.82) is 0 Å². The predicted octanol–water partition coefficient (Wildman–Crippen LogP) is 3.77. The summed E-state index contributed by atoms with van der Waals surface area (Å²) in [6, 6.07) is 19.8. The molecule has 0 unspecified atom stereocenters. The lowest BCUT2D eigenvalue weighted by Gasteiger charge is -2.34. The molecule has 0 atom stereocenters. The predicted molar refractivity (Wildman–Crippen MR) is 105 cm³/mol. The summed E-state index contributed by atoms with van der Waals surface area (Å²) >= 11 is 1.71. The second-order valence-corrected chi connectivity index (χ2v) is 7.37. The van der Waals surface area contributed by atoms with Crippen LogP contribution in [0.15, 0.2) is 66.0 Å². The van der Waals surface area contributed by atoms with Crippen molar-refractivity contribution < 1.29 is 4.79 Å². The Bertz CT molecular complexity index is 855. The van der Waals surface area contributed by atoms with Crippen LogP contribution in [0.4, 0.5) is 0 Å². The number of piperazine rings is 1.